The summed E-state index contributed by atoms with van der Waals surface area (Å²) in [6.45, 7) is 6.26. The Hall–Kier alpha value is -1.07. The minimum absolute atomic E-state index is 0.262. The van der Waals surface area contributed by atoms with E-state index in [0.29, 0.717) is 18.2 Å². The molecule has 0 saturated heterocycles. The summed E-state index contributed by atoms with van der Waals surface area (Å²) in [6, 6.07) is -0.360. The average Bonchev–Trinajstić information content (AvgIpc) is 2.51. The second kappa shape index (κ2) is 6.02. The van der Waals surface area contributed by atoms with Crippen LogP contribution in [0.2, 0.25) is 5.02 Å². The Bertz CT molecular complexity index is 404. The zero-order valence-corrected chi connectivity index (χ0v) is 11.3. The van der Waals surface area contributed by atoms with Crippen LogP contribution in [-0.2, 0) is 23.1 Å². The predicted molar refractivity (Wildman–Crippen MR) is 65.9 cm³/mol. The van der Waals surface area contributed by atoms with Crippen LogP contribution in [0.1, 0.15) is 25.2 Å². The van der Waals surface area contributed by atoms with Gasteiger partial charge in [-0.25, -0.2) is 0 Å². The van der Waals surface area contributed by atoms with Gasteiger partial charge in [0.2, 0.25) is 0 Å². The van der Waals surface area contributed by atoms with Gasteiger partial charge in [0.05, 0.1) is 23.0 Å². The van der Waals surface area contributed by atoms with E-state index < -0.39 is 0 Å². The van der Waals surface area contributed by atoms with Crippen molar-refractivity contribution >= 4 is 17.6 Å². The molecule has 0 bridgehead atoms. The van der Waals surface area contributed by atoms with Crippen LogP contribution in [0.15, 0.2) is 0 Å². The maximum atomic E-state index is 11.4. The zero-order chi connectivity index (χ0) is 13.0. The molecule has 0 fully saturated rings. The molecule has 6 heteroatoms. The number of carbonyl (C=O) groups excluding carboxylic acids is 1. The third kappa shape index (κ3) is 3.44. The van der Waals surface area contributed by atoms with Gasteiger partial charge in [-0.05, 0) is 20.8 Å². The standard InChI is InChI=1S/C11H18ClN3O2/c1-5-17-11(16)8(3)13-6-9-10(12)7(2)14-15(9)4/h8,13H,5-6H2,1-4H3. The summed E-state index contributed by atoms with van der Waals surface area (Å²) in [6.07, 6.45) is 0. The van der Waals surface area contributed by atoms with Gasteiger partial charge in [-0.1, -0.05) is 11.6 Å². The lowest BCUT2D eigenvalue weighted by molar-refractivity contribution is -0.145. The third-order valence-electron chi connectivity index (χ3n) is 2.48. The van der Waals surface area contributed by atoms with E-state index in [-0.39, 0.29) is 12.0 Å². The molecule has 0 aromatic carbocycles. The predicted octanol–water partition coefficient (Wildman–Crippen LogP) is 1.42. The lowest BCUT2D eigenvalue weighted by Crippen LogP contribution is -2.35. The van der Waals surface area contributed by atoms with Crippen molar-refractivity contribution in [3.63, 3.8) is 0 Å². The molecule has 1 rings (SSSR count). The molecule has 17 heavy (non-hydrogen) atoms. The molecular weight excluding hydrogens is 242 g/mol. The summed E-state index contributed by atoms with van der Waals surface area (Å²) >= 11 is 6.10. The average molecular weight is 260 g/mol. The van der Waals surface area contributed by atoms with Crippen LogP contribution < -0.4 is 5.32 Å². The maximum Gasteiger partial charge on any atom is 0.322 e. The van der Waals surface area contributed by atoms with E-state index in [0.717, 1.165) is 11.4 Å². The molecule has 0 amide bonds. The summed E-state index contributed by atoms with van der Waals surface area (Å²) in [7, 11) is 1.82. The Morgan fingerprint density at radius 1 is 1.65 bits per heavy atom. The molecule has 1 N–H and O–H groups in total. The van der Waals surface area contributed by atoms with Gasteiger partial charge < -0.3 is 4.74 Å². The highest BCUT2D eigenvalue weighted by atomic mass is 35.5. The molecule has 0 aliphatic carbocycles. The molecule has 0 spiro atoms. The van der Waals surface area contributed by atoms with Gasteiger partial charge in [0.1, 0.15) is 6.04 Å². The SMILES string of the molecule is CCOC(=O)C(C)NCc1c(Cl)c(C)nn1C. The Labute approximate surface area is 106 Å². The second-order valence-corrected chi connectivity index (χ2v) is 4.20. The van der Waals surface area contributed by atoms with Crippen LogP contribution in [0.5, 0.6) is 0 Å². The fraction of sp³-hybridized carbons (Fsp3) is 0.636. The van der Waals surface area contributed by atoms with Crippen LogP contribution in [0, 0.1) is 6.92 Å². The lowest BCUT2D eigenvalue weighted by Gasteiger charge is -2.12. The zero-order valence-electron chi connectivity index (χ0n) is 10.6. The van der Waals surface area contributed by atoms with Gasteiger partial charge in [0, 0.05) is 13.6 Å². The number of nitrogens with zero attached hydrogens (tertiary/aromatic N) is 2. The number of carbonyl (C=O) groups is 1. The first-order valence-electron chi connectivity index (χ1n) is 5.55. The number of aryl methyl sites for hydroxylation is 2. The highest BCUT2D eigenvalue weighted by Gasteiger charge is 2.16. The molecule has 0 aliphatic rings. The smallest absolute Gasteiger partial charge is 0.322 e. The first-order chi connectivity index (χ1) is 7.97. The van der Waals surface area contributed by atoms with Gasteiger partial charge in [0.25, 0.3) is 0 Å². The highest BCUT2D eigenvalue weighted by molar-refractivity contribution is 6.31. The number of rotatable bonds is 5. The Morgan fingerprint density at radius 2 is 2.29 bits per heavy atom. The minimum Gasteiger partial charge on any atom is -0.465 e. The Kier molecular flexibility index (Phi) is 4.96. The number of esters is 1. The van der Waals surface area contributed by atoms with E-state index >= 15 is 0 Å². The monoisotopic (exact) mass is 259 g/mol. The van der Waals surface area contributed by atoms with Gasteiger partial charge >= 0.3 is 5.97 Å². The van der Waals surface area contributed by atoms with Gasteiger partial charge in [-0.3, -0.25) is 14.8 Å². The van der Waals surface area contributed by atoms with E-state index in [1.54, 1.807) is 18.5 Å². The molecule has 1 aromatic heterocycles. The quantitative estimate of drug-likeness (QED) is 0.813. The fourth-order valence-corrected chi connectivity index (χ4v) is 1.70. The molecule has 1 heterocycles. The molecule has 1 unspecified atom stereocenters. The van der Waals surface area contributed by atoms with Crippen molar-refractivity contribution in [3.05, 3.63) is 16.4 Å². The van der Waals surface area contributed by atoms with Crippen LogP contribution in [0.3, 0.4) is 0 Å². The molecule has 0 aliphatic heterocycles. The van der Waals surface area contributed by atoms with E-state index in [1.807, 2.05) is 14.0 Å². The normalized spacial score (nSPS) is 12.5. The molecule has 1 aromatic rings. The van der Waals surface area contributed by atoms with E-state index in [4.69, 9.17) is 16.3 Å². The number of hydrogen-bond acceptors (Lipinski definition) is 4. The van der Waals surface area contributed by atoms with Crippen LogP contribution in [0.4, 0.5) is 0 Å². The van der Waals surface area contributed by atoms with Crippen LogP contribution in [0.25, 0.3) is 0 Å². The molecule has 5 nitrogen and oxygen atoms in total. The summed E-state index contributed by atoms with van der Waals surface area (Å²) in [5, 5.41) is 7.89. The van der Waals surface area contributed by atoms with Crippen LogP contribution >= 0.6 is 11.6 Å². The number of nitrogens with one attached hydrogen (secondary N) is 1. The lowest BCUT2D eigenvalue weighted by atomic mass is 10.3. The van der Waals surface area contributed by atoms with E-state index in [9.17, 15) is 4.79 Å². The fourth-order valence-electron chi connectivity index (χ4n) is 1.47. The number of aromatic nitrogens is 2. The van der Waals surface area contributed by atoms with Crippen LogP contribution in [-0.4, -0.2) is 28.4 Å². The summed E-state index contributed by atoms with van der Waals surface area (Å²) in [5.41, 5.74) is 1.65. The first-order valence-corrected chi connectivity index (χ1v) is 5.93. The molecule has 0 saturated carbocycles. The van der Waals surface area contributed by atoms with Crippen molar-refractivity contribution in [2.45, 2.75) is 33.4 Å². The Morgan fingerprint density at radius 3 is 2.76 bits per heavy atom. The van der Waals surface area contributed by atoms with Crippen molar-refractivity contribution in [1.82, 2.24) is 15.1 Å². The third-order valence-corrected chi connectivity index (χ3v) is 2.97. The highest BCUT2D eigenvalue weighted by Crippen LogP contribution is 2.19. The van der Waals surface area contributed by atoms with Gasteiger partial charge in [-0.15, -0.1) is 0 Å². The molecular formula is C11H18ClN3O2. The van der Waals surface area contributed by atoms with Crippen molar-refractivity contribution in [3.8, 4) is 0 Å². The topological polar surface area (TPSA) is 56.1 Å². The summed E-state index contributed by atoms with van der Waals surface area (Å²) < 4.78 is 6.61. The summed E-state index contributed by atoms with van der Waals surface area (Å²) in [5.74, 6) is -0.262. The Balaban J connectivity index is 2.58. The van der Waals surface area contributed by atoms with Crippen molar-refractivity contribution in [1.29, 1.82) is 0 Å². The minimum atomic E-state index is -0.360. The number of hydrogen-bond donors (Lipinski definition) is 1. The van der Waals surface area contributed by atoms with Crippen molar-refractivity contribution < 1.29 is 9.53 Å². The van der Waals surface area contributed by atoms with Crippen molar-refractivity contribution in [2.24, 2.45) is 7.05 Å². The van der Waals surface area contributed by atoms with E-state index in [1.165, 1.54) is 0 Å². The first kappa shape index (κ1) is 14.0. The summed E-state index contributed by atoms with van der Waals surface area (Å²) in [4.78, 5) is 11.4. The largest absolute Gasteiger partial charge is 0.465 e. The molecule has 96 valence electrons. The number of ether oxygens (including phenoxy) is 1. The number of halogens is 1. The molecule has 0 radical (unpaired) electrons. The van der Waals surface area contributed by atoms with Crippen molar-refractivity contribution in [2.75, 3.05) is 6.61 Å². The van der Waals surface area contributed by atoms with Gasteiger partial charge in [0.15, 0.2) is 0 Å². The second-order valence-electron chi connectivity index (χ2n) is 3.82. The maximum absolute atomic E-state index is 11.4. The van der Waals surface area contributed by atoms with Gasteiger partial charge in [-0.2, -0.15) is 5.10 Å². The molecule has 1 atom stereocenters. The van der Waals surface area contributed by atoms with E-state index in [2.05, 4.69) is 10.4 Å².